The SMILES string of the molecule is CCC(=O)SCCC(F)(F)C(F)(F)C(F)(F)C(F)C(F)F. The standard InChI is InChI=1S/C10H11F9OS/c1-2-5(20)21-4-3-8(14,15)10(18,19)9(16,17)6(11)7(12)13/h6-7H,2-4H2,1H3. The number of carbonyl (C=O) groups is 1. The van der Waals surface area contributed by atoms with Gasteiger partial charge in [0.2, 0.25) is 6.17 Å². The van der Waals surface area contributed by atoms with Crippen molar-refractivity contribution in [1.82, 2.24) is 0 Å². The van der Waals surface area contributed by atoms with Gasteiger partial charge in [0.25, 0.3) is 6.43 Å². The van der Waals surface area contributed by atoms with Gasteiger partial charge in [-0.05, 0) is 0 Å². The molecule has 0 aromatic rings. The van der Waals surface area contributed by atoms with Crippen LogP contribution in [0.1, 0.15) is 19.8 Å². The summed E-state index contributed by atoms with van der Waals surface area (Å²) in [5, 5.41) is -0.642. The monoisotopic (exact) mass is 350 g/mol. The first-order valence-electron chi connectivity index (χ1n) is 5.52. The van der Waals surface area contributed by atoms with Crippen LogP contribution < -0.4 is 0 Å². The first kappa shape index (κ1) is 20.4. The van der Waals surface area contributed by atoms with Crippen molar-refractivity contribution in [1.29, 1.82) is 0 Å². The van der Waals surface area contributed by atoms with Crippen molar-refractivity contribution in [3.05, 3.63) is 0 Å². The van der Waals surface area contributed by atoms with E-state index in [4.69, 9.17) is 0 Å². The zero-order valence-corrected chi connectivity index (χ0v) is 11.3. The van der Waals surface area contributed by atoms with Gasteiger partial charge >= 0.3 is 17.8 Å². The predicted molar refractivity (Wildman–Crippen MR) is 58.1 cm³/mol. The van der Waals surface area contributed by atoms with Crippen molar-refractivity contribution in [3.63, 3.8) is 0 Å². The fraction of sp³-hybridized carbons (Fsp3) is 0.900. The Morgan fingerprint density at radius 3 is 1.90 bits per heavy atom. The summed E-state index contributed by atoms with van der Waals surface area (Å²) in [6.45, 7) is 1.35. The molecule has 0 heterocycles. The second-order valence-corrected chi connectivity index (χ2v) is 5.11. The zero-order chi connectivity index (χ0) is 17.1. The second-order valence-electron chi connectivity index (χ2n) is 3.96. The van der Waals surface area contributed by atoms with E-state index in [0.29, 0.717) is 0 Å². The van der Waals surface area contributed by atoms with Gasteiger partial charge in [0, 0.05) is 18.6 Å². The number of alkyl halides is 9. The molecule has 0 fully saturated rings. The molecule has 0 aliphatic carbocycles. The van der Waals surface area contributed by atoms with Gasteiger partial charge in [0.1, 0.15) is 0 Å². The highest BCUT2D eigenvalue weighted by Crippen LogP contribution is 2.50. The summed E-state index contributed by atoms with van der Waals surface area (Å²) in [5.74, 6) is -18.9. The Kier molecular flexibility index (Phi) is 6.89. The van der Waals surface area contributed by atoms with E-state index in [-0.39, 0.29) is 18.2 Å². The van der Waals surface area contributed by atoms with Crippen LogP contribution in [0, 0.1) is 0 Å². The summed E-state index contributed by atoms with van der Waals surface area (Å²) in [6.07, 6.45) is -11.3. The molecule has 0 aromatic heterocycles. The number of thioether (sulfide) groups is 1. The average molecular weight is 350 g/mol. The Bertz CT molecular complexity index is 358. The molecule has 0 aliphatic heterocycles. The summed E-state index contributed by atoms with van der Waals surface area (Å²) in [4.78, 5) is 10.8. The third kappa shape index (κ3) is 4.43. The Balaban J connectivity index is 5.04. The van der Waals surface area contributed by atoms with E-state index in [2.05, 4.69) is 0 Å². The van der Waals surface area contributed by atoms with Crippen LogP contribution in [0.3, 0.4) is 0 Å². The lowest BCUT2D eigenvalue weighted by Gasteiger charge is -2.34. The molecule has 0 N–H and O–H groups in total. The van der Waals surface area contributed by atoms with Crippen LogP contribution in [0.4, 0.5) is 39.5 Å². The number of halogens is 9. The third-order valence-electron chi connectivity index (χ3n) is 2.41. The van der Waals surface area contributed by atoms with Crippen molar-refractivity contribution >= 4 is 16.9 Å². The zero-order valence-electron chi connectivity index (χ0n) is 10.5. The number of hydrogen-bond acceptors (Lipinski definition) is 2. The van der Waals surface area contributed by atoms with Crippen molar-refractivity contribution in [2.45, 2.75) is 50.1 Å². The maximum absolute atomic E-state index is 13.1. The highest BCUT2D eigenvalue weighted by atomic mass is 32.2. The van der Waals surface area contributed by atoms with Gasteiger partial charge in [0.15, 0.2) is 5.12 Å². The molecule has 0 rings (SSSR count). The average Bonchev–Trinajstić information content (AvgIpc) is 2.36. The van der Waals surface area contributed by atoms with Crippen LogP contribution in [0.25, 0.3) is 0 Å². The highest BCUT2D eigenvalue weighted by Gasteiger charge is 2.75. The Hall–Kier alpha value is -0.610. The molecule has 1 nitrogen and oxygen atoms in total. The number of hydrogen-bond donors (Lipinski definition) is 0. The fourth-order valence-corrected chi connectivity index (χ4v) is 1.92. The number of carbonyl (C=O) groups excluding carboxylic acids is 1. The van der Waals surface area contributed by atoms with E-state index in [1.807, 2.05) is 0 Å². The fourth-order valence-electron chi connectivity index (χ4n) is 1.13. The van der Waals surface area contributed by atoms with E-state index in [1.165, 1.54) is 6.92 Å². The minimum atomic E-state index is -6.31. The van der Waals surface area contributed by atoms with Gasteiger partial charge in [-0.3, -0.25) is 4.79 Å². The topological polar surface area (TPSA) is 17.1 Å². The molecule has 0 saturated heterocycles. The van der Waals surface area contributed by atoms with Gasteiger partial charge in [-0.25, -0.2) is 13.2 Å². The molecule has 126 valence electrons. The van der Waals surface area contributed by atoms with Crippen molar-refractivity contribution in [3.8, 4) is 0 Å². The quantitative estimate of drug-likeness (QED) is 0.597. The van der Waals surface area contributed by atoms with E-state index in [9.17, 15) is 44.3 Å². The molecule has 0 spiro atoms. The summed E-state index contributed by atoms with van der Waals surface area (Å²) in [6, 6.07) is 0. The van der Waals surface area contributed by atoms with Crippen LogP contribution in [-0.4, -0.2) is 41.2 Å². The molecule has 0 aromatic carbocycles. The van der Waals surface area contributed by atoms with E-state index >= 15 is 0 Å². The van der Waals surface area contributed by atoms with Crippen LogP contribution in [0.15, 0.2) is 0 Å². The minimum absolute atomic E-state index is 0.0965. The first-order chi connectivity index (χ1) is 9.31. The molecule has 0 amide bonds. The summed E-state index contributed by atoms with van der Waals surface area (Å²) in [7, 11) is 0. The molecule has 11 heteroatoms. The highest BCUT2D eigenvalue weighted by molar-refractivity contribution is 8.13. The lowest BCUT2D eigenvalue weighted by Crippen LogP contribution is -2.60. The van der Waals surface area contributed by atoms with Crippen LogP contribution in [0.2, 0.25) is 0 Å². The largest absolute Gasteiger partial charge is 0.375 e. The lowest BCUT2D eigenvalue weighted by molar-refractivity contribution is -0.333. The van der Waals surface area contributed by atoms with Crippen molar-refractivity contribution in [2.75, 3.05) is 5.75 Å². The molecule has 1 atom stereocenters. The van der Waals surface area contributed by atoms with Gasteiger partial charge in [-0.2, -0.15) is 26.3 Å². The van der Waals surface area contributed by atoms with E-state index in [0.717, 1.165) is 0 Å². The van der Waals surface area contributed by atoms with Gasteiger partial charge in [-0.1, -0.05) is 18.7 Å². The minimum Gasteiger partial charge on any atom is -0.287 e. The normalized spacial score (nSPS) is 15.4. The molecule has 0 bridgehead atoms. The number of rotatable bonds is 8. The Morgan fingerprint density at radius 1 is 1.05 bits per heavy atom. The smallest absolute Gasteiger partial charge is 0.287 e. The summed E-state index contributed by atoms with van der Waals surface area (Å²) in [5.41, 5.74) is 0. The van der Waals surface area contributed by atoms with Gasteiger partial charge in [-0.15, -0.1) is 0 Å². The predicted octanol–water partition coefficient (Wildman–Crippen LogP) is 4.56. The lowest BCUT2D eigenvalue weighted by atomic mass is 9.99. The van der Waals surface area contributed by atoms with Gasteiger partial charge < -0.3 is 0 Å². The van der Waals surface area contributed by atoms with Gasteiger partial charge in [0.05, 0.1) is 0 Å². The van der Waals surface area contributed by atoms with E-state index < -0.39 is 47.7 Å². The Morgan fingerprint density at radius 2 is 1.52 bits per heavy atom. The maximum atomic E-state index is 13.1. The summed E-state index contributed by atoms with van der Waals surface area (Å²) >= 11 is 0.206. The molecule has 1 unspecified atom stereocenters. The van der Waals surface area contributed by atoms with Crippen molar-refractivity contribution in [2.24, 2.45) is 0 Å². The van der Waals surface area contributed by atoms with Crippen LogP contribution in [0.5, 0.6) is 0 Å². The summed E-state index contributed by atoms with van der Waals surface area (Å²) < 4.78 is 114. The molecular formula is C10H11F9OS. The molecule has 21 heavy (non-hydrogen) atoms. The van der Waals surface area contributed by atoms with E-state index in [1.54, 1.807) is 0 Å². The second kappa shape index (κ2) is 7.10. The molecule has 0 aliphatic rings. The maximum Gasteiger partial charge on any atom is 0.375 e. The Labute approximate surface area is 118 Å². The van der Waals surface area contributed by atoms with Crippen LogP contribution >= 0.6 is 11.8 Å². The molecule has 0 saturated carbocycles. The molecule has 0 radical (unpaired) electrons. The molecular weight excluding hydrogens is 339 g/mol. The third-order valence-corrected chi connectivity index (χ3v) is 3.43. The first-order valence-corrected chi connectivity index (χ1v) is 6.51. The van der Waals surface area contributed by atoms with Crippen LogP contribution in [-0.2, 0) is 4.79 Å². The van der Waals surface area contributed by atoms with Crippen molar-refractivity contribution < 1.29 is 44.3 Å².